The van der Waals surface area contributed by atoms with Crippen molar-refractivity contribution in [3.8, 4) is 22.9 Å². The van der Waals surface area contributed by atoms with Gasteiger partial charge in [-0.25, -0.2) is 9.97 Å². The molecule has 0 saturated carbocycles. The Bertz CT molecular complexity index is 1520. The maximum Gasteiger partial charge on any atom is 0.257 e. The van der Waals surface area contributed by atoms with Crippen LogP contribution in [-0.4, -0.2) is 68.8 Å². The van der Waals surface area contributed by atoms with Crippen LogP contribution < -0.4 is 4.90 Å². The molecule has 0 radical (unpaired) electrons. The average Bonchev–Trinajstić information content (AvgIpc) is 3.31. The highest BCUT2D eigenvalue weighted by Gasteiger charge is 2.30. The van der Waals surface area contributed by atoms with Crippen molar-refractivity contribution in [2.24, 2.45) is 0 Å². The molecule has 6 rings (SSSR count). The molecule has 196 valence electrons. The summed E-state index contributed by atoms with van der Waals surface area (Å²) in [6.45, 7) is 7.64. The number of anilines is 1. The number of phenolic OH excluding ortho intramolecular Hbond substituents is 2. The van der Waals surface area contributed by atoms with E-state index in [2.05, 4.69) is 9.88 Å². The smallest absolute Gasteiger partial charge is 0.257 e. The summed E-state index contributed by atoms with van der Waals surface area (Å²) in [7, 11) is 0. The van der Waals surface area contributed by atoms with Crippen LogP contribution in [0.5, 0.6) is 11.5 Å². The number of carbonyl (C=O) groups is 1. The Kier molecular flexibility index (Phi) is 6.37. The van der Waals surface area contributed by atoms with Gasteiger partial charge in [0.05, 0.1) is 30.7 Å². The van der Waals surface area contributed by atoms with Crippen LogP contribution in [0.1, 0.15) is 46.1 Å². The summed E-state index contributed by atoms with van der Waals surface area (Å²) < 4.78 is 5.59. The number of pyridine rings is 1. The number of morpholine rings is 1. The standard InChI is InChI=1S/C28H29N5O4S/c1-16(2)19-12-20(22(35)13-21(19)34)28(36)33-7-5-18-23(15-33)38-27-24(18)26(32-8-10-37-11-9-32)30-25(31-27)17-4-3-6-29-14-17/h3-4,6,12-14,16,34-35H,5,7-11,15H2,1-2H3. The van der Waals surface area contributed by atoms with Gasteiger partial charge in [-0.2, -0.15) is 0 Å². The van der Waals surface area contributed by atoms with E-state index in [1.807, 2.05) is 26.0 Å². The van der Waals surface area contributed by atoms with E-state index in [4.69, 9.17) is 14.7 Å². The number of ether oxygens (including phenoxy) is 1. The second-order valence-corrected chi connectivity index (χ2v) is 11.0. The lowest BCUT2D eigenvalue weighted by atomic mass is 9.97. The first-order valence-electron chi connectivity index (χ1n) is 12.8. The minimum atomic E-state index is -0.247. The number of nitrogens with zero attached hydrogens (tertiary/aromatic N) is 5. The topological polar surface area (TPSA) is 112 Å². The molecule has 0 aliphatic carbocycles. The molecule has 10 heteroatoms. The number of benzene rings is 1. The first-order valence-corrected chi connectivity index (χ1v) is 13.6. The predicted octanol–water partition coefficient (Wildman–Crippen LogP) is 4.32. The molecule has 38 heavy (non-hydrogen) atoms. The first kappa shape index (κ1) is 24.6. The molecule has 0 bridgehead atoms. The van der Waals surface area contributed by atoms with Crippen LogP contribution in [0.15, 0.2) is 36.7 Å². The van der Waals surface area contributed by atoms with Gasteiger partial charge in [0.25, 0.3) is 5.91 Å². The zero-order valence-corrected chi connectivity index (χ0v) is 22.2. The van der Waals surface area contributed by atoms with Gasteiger partial charge < -0.3 is 24.7 Å². The number of hydrogen-bond acceptors (Lipinski definition) is 9. The first-order chi connectivity index (χ1) is 18.4. The number of thiophene rings is 1. The maximum atomic E-state index is 13.5. The predicted molar refractivity (Wildman–Crippen MR) is 146 cm³/mol. The fourth-order valence-corrected chi connectivity index (χ4v) is 6.41. The summed E-state index contributed by atoms with van der Waals surface area (Å²) in [4.78, 5) is 33.7. The van der Waals surface area contributed by atoms with Crippen molar-refractivity contribution in [2.45, 2.75) is 32.7 Å². The van der Waals surface area contributed by atoms with Crippen molar-refractivity contribution in [3.63, 3.8) is 0 Å². The molecule has 2 aliphatic heterocycles. The average molecular weight is 532 g/mol. The number of carbonyl (C=O) groups excluding carboxylic acids is 1. The molecular formula is C28H29N5O4S. The molecule has 4 aromatic rings. The number of aromatic hydroxyl groups is 2. The number of fused-ring (bicyclic) bond motifs is 3. The number of phenols is 2. The highest BCUT2D eigenvalue weighted by Crippen LogP contribution is 2.41. The Morgan fingerprint density at radius 1 is 1.11 bits per heavy atom. The maximum absolute atomic E-state index is 13.5. The zero-order valence-electron chi connectivity index (χ0n) is 21.3. The van der Waals surface area contributed by atoms with E-state index in [-0.39, 0.29) is 28.9 Å². The van der Waals surface area contributed by atoms with Gasteiger partial charge in [-0.15, -0.1) is 11.3 Å². The third kappa shape index (κ3) is 4.33. The van der Waals surface area contributed by atoms with E-state index < -0.39 is 0 Å². The van der Waals surface area contributed by atoms with Crippen molar-refractivity contribution in [1.82, 2.24) is 19.9 Å². The van der Waals surface area contributed by atoms with Crippen LogP contribution in [0, 0.1) is 0 Å². The van der Waals surface area contributed by atoms with Crippen LogP contribution in [0.2, 0.25) is 0 Å². The Hall–Kier alpha value is -3.76. The Labute approximate surface area is 224 Å². The van der Waals surface area contributed by atoms with Crippen LogP contribution in [0.4, 0.5) is 5.82 Å². The van der Waals surface area contributed by atoms with Crippen LogP contribution in [0.3, 0.4) is 0 Å². The molecule has 1 aromatic carbocycles. The van der Waals surface area contributed by atoms with E-state index in [0.29, 0.717) is 44.1 Å². The van der Waals surface area contributed by atoms with Crippen LogP contribution in [-0.2, 0) is 17.7 Å². The summed E-state index contributed by atoms with van der Waals surface area (Å²) in [5.41, 5.74) is 2.89. The molecule has 0 spiro atoms. The third-order valence-corrected chi connectivity index (χ3v) is 8.31. The van der Waals surface area contributed by atoms with Crippen molar-refractivity contribution in [2.75, 3.05) is 37.7 Å². The molecule has 3 aromatic heterocycles. The van der Waals surface area contributed by atoms with Crippen molar-refractivity contribution in [1.29, 1.82) is 0 Å². The molecule has 2 N–H and O–H groups in total. The summed E-state index contributed by atoms with van der Waals surface area (Å²) in [6, 6.07) is 6.71. The molecule has 1 amide bonds. The van der Waals surface area contributed by atoms with E-state index in [0.717, 1.165) is 39.6 Å². The lowest BCUT2D eigenvalue weighted by Gasteiger charge is -2.30. The van der Waals surface area contributed by atoms with Gasteiger partial charge in [0.2, 0.25) is 0 Å². The van der Waals surface area contributed by atoms with E-state index in [1.54, 1.807) is 34.7 Å². The number of aromatic nitrogens is 3. The highest BCUT2D eigenvalue weighted by molar-refractivity contribution is 7.19. The van der Waals surface area contributed by atoms with E-state index in [9.17, 15) is 15.0 Å². The van der Waals surface area contributed by atoms with Crippen molar-refractivity contribution >= 4 is 33.3 Å². The van der Waals surface area contributed by atoms with E-state index >= 15 is 0 Å². The molecule has 1 saturated heterocycles. The third-order valence-electron chi connectivity index (χ3n) is 7.20. The lowest BCUT2D eigenvalue weighted by Crippen LogP contribution is -2.37. The van der Waals surface area contributed by atoms with Crippen LogP contribution >= 0.6 is 11.3 Å². The molecule has 0 atom stereocenters. The number of rotatable bonds is 4. The Balaban J connectivity index is 1.39. The molecule has 5 heterocycles. The summed E-state index contributed by atoms with van der Waals surface area (Å²) in [5, 5.41) is 21.8. The van der Waals surface area contributed by atoms with Crippen molar-refractivity contribution < 1.29 is 19.7 Å². The lowest BCUT2D eigenvalue weighted by molar-refractivity contribution is 0.0734. The second-order valence-electron chi connectivity index (χ2n) is 9.96. The molecule has 2 aliphatic rings. The van der Waals surface area contributed by atoms with Gasteiger partial charge >= 0.3 is 0 Å². The SMILES string of the molecule is CC(C)c1cc(C(=O)N2CCc3c(sc4nc(-c5cccnc5)nc(N5CCOCC5)c34)C2)c(O)cc1O. The Morgan fingerprint density at radius 2 is 1.92 bits per heavy atom. The molecule has 9 nitrogen and oxygen atoms in total. The van der Waals surface area contributed by atoms with Gasteiger partial charge in [-0.1, -0.05) is 13.8 Å². The van der Waals surface area contributed by atoms with Crippen molar-refractivity contribution in [3.05, 3.63) is 58.2 Å². The molecule has 1 fully saturated rings. The zero-order chi connectivity index (χ0) is 26.4. The van der Waals surface area contributed by atoms with Gasteiger partial charge in [0, 0.05) is 48.5 Å². The fourth-order valence-electron chi connectivity index (χ4n) is 5.18. The van der Waals surface area contributed by atoms with Gasteiger partial charge in [0.1, 0.15) is 22.1 Å². The molecular weight excluding hydrogens is 502 g/mol. The number of amides is 1. The normalized spacial score (nSPS) is 15.8. The minimum Gasteiger partial charge on any atom is -0.508 e. The van der Waals surface area contributed by atoms with Crippen LogP contribution in [0.25, 0.3) is 21.6 Å². The summed E-state index contributed by atoms with van der Waals surface area (Å²) in [6.07, 6.45) is 4.17. The Morgan fingerprint density at radius 3 is 2.66 bits per heavy atom. The summed E-state index contributed by atoms with van der Waals surface area (Å²) in [5.74, 6) is 1.10. The van der Waals surface area contributed by atoms with Gasteiger partial charge in [-0.3, -0.25) is 9.78 Å². The quantitative estimate of drug-likeness (QED) is 0.400. The van der Waals surface area contributed by atoms with Gasteiger partial charge in [0.15, 0.2) is 5.82 Å². The van der Waals surface area contributed by atoms with E-state index in [1.165, 1.54) is 11.6 Å². The largest absolute Gasteiger partial charge is 0.508 e. The molecule has 0 unspecified atom stereocenters. The highest BCUT2D eigenvalue weighted by atomic mass is 32.1. The second kappa shape index (κ2) is 9.85. The fraction of sp³-hybridized carbons (Fsp3) is 0.357. The number of hydrogen-bond donors (Lipinski definition) is 2. The monoisotopic (exact) mass is 531 g/mol. The van der Waals surface area contributed by atoms with Gasteiger partial charge in [-0.05, 0) is 41.7 Å². The minimum absolute atomic E-state index is 0.00174. The summed E-state index contributed by atoms with van der Waals surface area (Å²) >= 11 is 1.59.